The molecule has 18 heavy (non-hydrogen) atoms. The molecule has 1 aliphatic rings. The molecule has 0 aromatic carbocycles. The van der Waals surface area contributed by atoms with Gasteiger partial charge in [0, 0.05) is 32.7 Å². The second-order valence-corrected chi connectivity index (χ2v) is 5.89. The van der Waals surface area contributed by atoms with Crippen molar-refractivity contribution >= 4 is 5.91 Å². The molecule has 1 amide bonds. The van der Waals surface area contributed by atoms with Gasteiger partial charge in [-0.3, -0.25) is 4.79 Å². The normalized spacial score (nSPS) is 22.8. The van der Waals surface area contributed by atoms with Crippen LogP contribution in [0.15, 0.2) is 0 Å². The molecular weight excluding hydrogens is 228 g/mol. The van der Waals surface area contributed by atoms with E-state index in [4.69, 9.17) is 10.5 Å². The van der Waals surface area contributed by atoms with Crippen LogP contribution in [0.25, 0.3) is 0 Å². The fourth-order valence-corrected chi connectivity index (χ4v) is 2.86. The van der Waals surface area contributed by atoms with E-state index < -0.39 is 0 Å². The van der Waals surface area contributed by atoms with Gasteiger partial charge in [0.1, 0.15) is 0 Å². The van der Waals surface area contributed by atoms with Crippen molar-refractivity contribution in [2.75, 3.05) is 33.4 Å². The molecule has 0 aliphatic heterocycles. The van der Waals surface area contributed by atoms with Gasteiger partial charge in [0.15, 0.2) is 0 Å². The van der Waals surface area contributed by atoms with Gasteiger partial charge in [-0.2, -0.15) is 0 Å². The Bertz CT molecular complexity index is 267. The van der Waals surface area contributed by atoms with E-state index in [-0.39, 0.29) is 17.2 Å². The third-order valence-corrected chi connectivity index (χ3v) is 4.08. The molecule has 106 valence electrons. The molecule has 4 nitrogen and oxygen atoms in total. The van der Waals surface area contributed by atoms with Crippen LogP contribution in [0.3, 0.4) is 0 Å². The first-order chi connectivity index (χ1) is 8.53. The summed E-state index contributed by atoms with van der Waals surface area (Å²) in [6, 6.07) is 0. The van der Waals surface area contributed by atoms with Crippen molar-refractivity contribution in [2.24, 2.45) is 17.1 Å². The van der Waals surface area contributed by atoms with Crippen LogP contribution in [-0.2, 0) is 9.53 Å². The smallest absolute Gasteiger partial charge is 0.226 e. The SMILES string of the molecule is COCCN(CCN)C(=O)C1CCCCC1(C)C. The predicted molar refractivity (Wildman–Crippen MR) is 73.2 cm³/mol. The molecule has 1 unspecified atom stereocenters. The first-order valence-corrected chi connectivity index (χ1v) is 7.00. The third-order valence-electron chi connectivity index (χ3n) is 4.08. The maximum atomic E-state index is 12.6. The maximum absolute atomic E-state index is 12.6. The largest absolute Gasteiger partial charge is 0.383 e. The minimum Gasteiger partial charge on any atom is -0.383 e. The Morgan fingerprint density at radius 1 is 1.39 bits per heavy atom. The molecule has 0 radical (unpaired) electrons. The van der Waals surface area contributed by atoms with E-state index in [1.165, 1.54) is 12.8 Å². The van der Waals surface area contributed by atoms with E-state index >= 15 is 0 Å². The summed E-state index contributed by atoms with van der Waals surface area (Å²) in [5, 5.41) is 0. The monoisotopic (exact) mass is 256 g/mol. The first-order valence-electron chi connectivity index (χ1n) is 7.00. The van der Waals surface area contributed by atoms with E-state index in [9.17, 15) is 4.79 Å². The second kappa shape index (κ2) is 7.10. The van der Waals surface area contributed by atoms with Crippen LogP contribution in [-0.4, -0.2) is 44.2 Å². The number of carbonyl (C=O) groups excluding carboxylic acids is 1. The Kier molecular flexibility index (Phi) is 6.09. The van der Waals surface area contributed by atoms with Crippen LogP contribution in [0.5, 0.6) is 0 Å². The molecule has 1 saturated carbocycles. The van der Waals surface area contributed by atoms with Gasteiger partial charge in [-0.25, -0.2) is 0 Å². The summed E-state index contributed by atoms with van der Waals surface area (Å²) in [5.74, 6) is 0.414. The Labute approximate surface area is 111 Å². The van der Waals surface area contributed by atoms with E-state index in [0.29, 0.717) is 26.2 Å². The summed E-state index contributed by atoms with van der Waals surface area (Å²) in [4.78, 5) is 14.5. The van der Waals surface area contributed by atoms with Crippen molar-refractivity contribution in [3.05, 3.63) is 0 Å². The lowest BCUT2D eigenvalue weighted by atomic mass is 9.68. The summed E-state index contributed by atoms with van der Waals surface area (Å²) in [5.41, 5.74) is 5.72. The van der Waals surface area contributed by atoms with E-state index in [1.54, 1.807) is 7.11 Å². The zero-order valence-corrected chi connectivity index (χ0v) is 12.1. The molecule has 0 spiro atoms. The highest BCUT2D eigenvalue weighted by Crippen LogP contribution is 2.41. The highest BCUT2D eigenvalue weighted by Gasteiger charge is 2.38. The van der Waals surface area contributed by atoms with Gasteiger partial charge in [-0.15, -0.1) is 0 Å². The minimum atomic E-state index is 0.120. The number of ether oxygens (including phenoxy) is 1. The molecule has 0 aromatic rings. The van der Waals surface area contributed by atoms with Gasteiger partial charge < -0.3 is 15.4 Å². The standard InChI is InChI=1S/C14H28N2O2/c1-14(2)7-5-4-6-12(14)13(17)16(9-8-15)10-11-18-3/h12H,4-11,15H2,1-3H3. The van der Waals surface area contributed by atoms with Crippen LogP contribution in [0, 0.1) is 11.3 Å². The molecule has 0 bridgehead atoms. The Hall–Kier alpha value is -0.610. The van der Waals surface area contributed by atoms with Crippen molar-refractivity contribution in [1.82, 2.24) is 4.90 Å². The van der Waals surface area contributed by atoms with Crippen LogP contribution in [0.4, 0.5) is 0 Å². The lowest BCUT2D eigenvalue weighted by molar-refractivity contribution is -0.141. The zero-order valence-electron chi connectivity index (χ0n) is 12.1. The number of methoxy groups -OCH3 is 1. The van der Waals surface area contributed by atoms with Gasteiger partial charge in [0.2, 0.25) is 5.91 Å². The minimum absolute atomic E-state index is 0.120. The summed E-state index contributed by atoms with van der Waals surface area (Å²) < 4.78 is 5.07. The summed E-state index contributed by atoms with van der Waals surface area (Å²) in [6.45, 7) is 6.81. The quantitative estimate of drug-likeness (QED) is 0.786. The van der Waals surface area contributed by atoms with Crippen LogP contribution in [0.2, 0.25) is 0 Å². The fraction of sp³-hybridized carbons (Fsp3) is 0.929. The van der Waals surface area contributed by atoms with E-state index in [2.05, 4.69) is 13.8 Å². The molecule has 1 fully saturated rings. The number of carbonyl (C=O) groups is 1. The number of rotatable bonds is 6. The molecule has 2 N–H and O–H groups in total. The van der Waals surface area contributed by atoms with Gasteiger partial charge in [0.05, 0.1) is 6.61 Å². The van der Waals surface area contributed by atoms with Gasteiger partial charge >= 0.3 is 0 Å². The molecule has 0 aromatic heterocycles. The van der Waals surface area contributed by atoms with Crippen LogP contribution in [0.1, 0.15) is 39.5 Å². The molecule has 1 aliphatic carbocycles. The lowest BCUT2D eigenvalue weighted by Crippen LogP contribution is -2.46. The zero-order chi connectivity index (χ0) is 13.6. The Morgan fingerprint density at radius 3 is 2.67 bits per heavy atom. The number of hydrogen-bond acceptors (Lipinski definition) is 3. The van der Waals surface area contributed by atoms with Crippen molar-refractivity contribution in [3.63, 3.8) is 0 Å². The third kappa shape index (κ3) is 3.95. The first kappa shape index (κ1) is 15.4. The van der Waals surface area contributed by atoms with Gasteiger partial charge in [-0.1, -0.05) is 26.7 Å². The van der Waals surface area contributed by atoms with Gasteiger partial charge in [0.25, 0.3) is 0 Å². The number of nitrogens with two attached hydrogens (primary N) is 1. The molecule has 0 heterocycles. The second-order valence-electron chi connectivity index (χ2n) is 5.89. The Morgan fingerprint density at radius 2 is 2.11 bits per heavy atom. The van der Waals surface area contributed by atoms with Crippen molar-refractivity contribution in [2.45, 2.75) is 39.5 Å². The van der Waals surface area contributed by atoms with Gasteiger partial charge in [-0.05, 0) is 18.3 Å². The molecular formula is C14H28N2O2. The average molecular weight is 256 g/mol. The van der Waals surface area contributed by atoms with Crippen molar-refractivity contribution in [3.8, 4) is 0 Å². The molecule has 0 saturated heterocycles. The highest BCUT2D eigenvalue weighted by atomic mass is 16.5. The Balaban J connectivity index is 2.67. The van der Waals surface area contributed by atoms with E-state index in [0.717, 1.165) is 12.8 Å². The van der Waals surface area contributed by atoms with Crippen molar-refractivity contribution < 1.29 is 9.53 Å². The summed E-state index contributed by atoms with van der Waals surface area (Å²) in [6.07, 6.45) is 4.57. The van der Waals surface area contributed by atoms with Crippen LogP contribution < -0.4 is 5.73 Å². The predicted octanol–water partition coefficient (Wildman–Crippen LogP) is 1.64. The summed E-state index contributed by atoms with van der Waals surface area (Å²) >= 11 is 0. The fourth-order valence-electron chi connectivity index (χ4n) is 2.86. The maximum Gasteiger partial charge on any atom is 0.226 e. The number of amides is 1. The summed E-state index contributed by atoms with van der Waals surface area (Å²) in [7, 11) is 1.66. The lowest BCUT2D eigenvalue weighted by Gasteiger charge is -2.40. The number of nitrogens with zero attached hydrogens (tertiary/aromatic N) is 1. The topological polar surface area (TPSA) is 55.6 Å². The molecule has 1 atom stereocenters. The molecule has 1 rings (SSSR count). The van der Waals surface area contributed by atoms with E-state index in [1.807, 2.05) is 4.90 Å². The van der Waals surface area contributed by atoms with Crippen LogP contribution >= 0.6 is 0 Å². The average Bonchev–Trinajstić information content (AvgIpc) is 2.33. The van der Waals surface area contributed by atoms with Crippen molar-refractivity contribution in [1.29, 1.82) is 0 Å². The molecule has 4 heteroatoms. The number of hydrogen-bond donors (Lipinski definition) is 1. The highest BCUT2D eigenvalue weighted by molar-refractivity contribution is 5.79.